The maximum absolute atomic E-state index is 6.14. The van der Waals surface area contributed by atoms with E-state index in [0.717, 1.165) is 57.9 Å². The molecular formula is C15H27N3O. The van der Waals surface area contributed by atoms with Crippen LogP contribution in [-0.4, -0.2) is 48.1 Å². The third-order valence-corrected chi connectivity index (χ3v) is 4.59. The average Bonchev–Trinajstić information content (AvgIpc) is 2.98. The van der Waals surface area contributed by atoms with Gasteiger partial charge >= 0.3 is 0 Å². The lowest BCUT2D eigenvalue weighted by molar-refractivity contribution is 0.0217. The number of hydrogen-bond donors (Lipinski definition) is 1. The van der Waals surface area contributed by atoms with Crippen molar-refractivity contribution in [3.63, 3.8) is 0 Å². The minimum Gasteiger partial charge on any atom is -0.468 e. The Labute approximate surface area is 116 Å². The van der Waals surface area contributed by atoms with Crippen molar-refractivity contribution in [1.82, 2.24) is 9.80 Å². The second kappa shape index (κ2) is 6.55. The van der Waals surface area contributed by atoms with Gasteiger partial charge < -0.3 is 15.1 Å². The van der Waals surface area contributed by atoms with Crippen molar-refractivity contribution in [1.29, 1.82) is 0 Å². The quantitative estimate of drug-likeness (QED) is 0.853. The Bertz CT molecular complexity index is 355. The van der Waals surface area contributed by atoms with Gasteiger partial charge in [-0.1, -0.05) is 13.8 Å². The molecule has 1 aliphatic rings. The number of likely N-dealkylation sites (tertiary alicyclic amines) is 1. The summed E-state index contributed by atoms with van der Waals surface area (Å²) in [6.07, 6.45) is 4.07. The number of furan rings is 1. The molecule has 0 amide bonds. The van der Waals surface area contributed by atoms with Gasteiger partial charge in [-0.2, -0.15) is 0 Å². The molecule has 4 heteroatoms. The van der Waals surface area contributed by atoms with Crippen molar-refractivity contribution in [2.45, 2.75) is 38.8 Å². The van der Waals surface area contributed by atoms with E-state index in [4.69, 9.17) is 10.2 Å². The first-order chi connectivity index (χ1) is 9.24. The highest BCUT2D eigenvalue weighted by atomic mass is 16.3. The lowest BCUT2D eigenvalue weighted by Crippen LogP contribution is -2.59. The van der Waals surface area contributed by atoms with E-state index in [1.54, 1.807) is 6.26 Å². The van der Waals surface area contributed by atoms with Gasteiger partial charge in [0.15, 0.2) is 0 Å². The van der Waals surface area contributed by atoms with E-state index < -0.39 is 0 Å². The molecular weight excluding hydrogens is 238 g/mol. The predicted molar refractivity (Wildman–Crippen MR) is 77.9 cm³/mol. The van der Waals surface area contributed by atoms with Gasteiger partial charge in [-0.15, -0.1) is 0 Å². The maximum atomic E-state index is 6.14. The summed E-state index contributed by atoms with van der Waals surface area (Å²) >= 11 is 0. The van der Waals surface area contributed by atoms with Gasteiger partial charge in [0.25, 0.3) is 0 Å². The number of piperidine rings is 1. The van der Waals surface area contributed by atoms with Crippen molar-refractivity contribution in [3.8, 4) is 0 Å². The Morgan fingerprint density at radius 3 is 2.58 bits per heavy atom. The Kier molecular flexibility index (Phi) is 5.02. The molecule has 0 aromatic carbocycles. The summed E-state index contributed by atoms with van der Waals surface area (Å²) in [6.45, 7) is 10.5. The summed E-state index contributed by atoms with van der Waals surface area (Å²) in [6, 6.07) is 4.01. The zero-order valence-electron chi connectivity index (χ0n) is 12.3. The minimum absolute atomic E-state index is 0.146. The fraction of sp³-hybridized carbons (Fsp3) is 0.733. The van der Waals surface area contributed by atoms with Gasteiger partial charge in [0.05, 0.1) is 12.8 Å². The van der Waals surface area contributed by atoms with Crippen LogP contribution in [0, 0.1) is 0 Å². The number of likely N-dealkylation sites (N-methyl/N-ethyl adjacent to an activating group) is 1. The van der Waals surface area contributed by atoms with Crippen LogP contribution in [0.3, 0.4) is 0 Å². The lowest BCUT2D eigenvalue weighted by atomic mass is 9.85. The number of nitrogens with zero attached hydrogens (tertiary/aromatic N) is 2. The molecule has 0 radical (unpaired) electrons. The summed E-state index contributed by atoms with van der Waals surface area (Å²) < 4.78 is 5.50. The van der Waals surface area contributed by atoms with Crippen molar-refractivity contribution >= 4 is 0 Å². The fourth-order valence-electron chi connectivity index (χ4n) is 3.14. The molecule has 2 rings (SSSR count). The predicted octanol–water partition coefficient (Wildman–Crippen LogP) is 1.91. The third-order valence-electron chi connectivity index (χ3n) is 4.59. The van der Waals surface area contributed by atoms with Crippen molar-refractivity contribution in [2.75, 3.05) is 32.7 Å². The molecule has 2 N–H and O–H groups in total. The van der Waals surface area contributed by atoms with E-state index in [0.29, 0.717) is 0 Å². The Morgan fingerprint density at radius 1 is 1.37 bits per heavy atom. The summed E-state index contributed by atoms with van der Waals surface area (Å²) in [5.74, 6) is 1.03. The van der Waals surface area contributed by atoms with Crippen molar-refractivity contribution in [2.24, 2.45) is 5.73 Å². The third kappa shape index (κ3) is 3.19. The molecule has 0 bridgehead atoms. The standard InChI is InChI=1S/C15H27N3O/c1-3-17-9-7-15(13-16,8-10-17)18(4-2)12-14-6-5-11-19-14/h5-6,11H,3-4,7-10,12-13,16H2,1-2H3. The zero-order valence-corrected chi connectivity index (χ0v) is 12.3. The molecule has 0 atom stereocenters. The molecule has 0 aliphatic carbocycles. The number of rotatable bonds is 6. The Hall–Kier alpha value is -0.840. The monoisotopic (exact) mass is 265 g/mol. The van der Waals surface area contributed by atoms with Crippen LogP contribution in [0.4, 0.5) is 0 Å². The first-order valence-electron chi connectivity index (χ1n) is 7.44. The van der Waals surface area contributed by atoms with Crippen LogP contribution < -0.4 is 5.73 Å². The number of nitrogens with two attached hydrogens (primary N) is 1. The molecule has 0 spiro atoms. The normalized spacial score (nSPS) is 20.0. The molecule has 1 fully saturated rings. The van der Waals surface area contributed by atoms with Crippen molar-refractivity contribution < 1.29 is 4.42 Å². The Morgan fingerprint density at radius 2 is 2.11 bits per heavy atom. The second-order valence-electron chi connectivity index (χ2n) is 5.46. The van der Waals surface area contributed by atoms with Crippen LogP contribution >= 0.6 is 0 Å². The van der Waals surface area contributed by atoms with Crippen LogP contribution in [0.5, 0.6) is 0 Å². The molecule has 108 valence electrons. The summed E-state index contributed by atoms with van der Waals surface area (Å²) in [5.41, 5.74) is 6.29. The van der Waals surface area contributed by atoms with Crippen LogP contribution in [0.15, 0.2) is 22.8 Å². The minimum atomic E-state index is 0.146. The van der Waals surface area contributed by atoms with Gasteiger partial charge in [-0.3, -0.25) is 4.90 Å². The highest BCUT2D eigenvalue weighted by Crippen LogP contribution is 2.29. The molecule has 19 heavy (non-hydrogen) atoms. The highest BCUT2D eigenvalue weighted by Gasteiger charge is 2.37. The van der Waals surface area contributed by atoms with Gasteiger partial charge in [-0.25, -0.2) is 0 Å². The summed E-state index contributed by atoms with van der Waals surface area (Å²) in [5, 5.41) is 0. The van der Waals surface area contributed by atoms with Crippen LogP contribution in [0.2, 0.25) is 0 Å². The van der Waals surface area contributed by atoms with Crippen LogP contribution in [-0.2, 0) is 6.54 Å². The van der Waals surface area contributed by atoms with Gasteiger partial charge in [0, 0.05) is 12.1 Å². The molecule has 1 aliphatic heterocycles. The van der Waals surface area contributed by atoms with Gasteiger partial charge in [0.1, 0.15) is 5.76 Å². The summed E-state index contributed by atoms with van der Waals surface area (Å²) in [4.78, 5) is 5.01. The zero-order chi connectivity index (χ0) is 13.7. The molecule has 0 unspecified atom stereocenters. The maximum Gasteiger partial charge on any atom is 0.117 e. The van der Waals surface area contributed by atoms with Gasteiger partial charge in [-0.05, 0) is 51.2 Å². The molecule has 1 aromatic rings. The van der Waals surface area contributed by atoms with E-state index in [1.807, 2.05) is 12.1 Å². The van der Waals surface area contributed by atoms with Gasteiger partial charge in [0.2, 0.25) is 0 Å². The molecule has 4 nitrogen and oxygen atoms in total. The van der Waals surface area contributed by atoms with Crippen molar-refractivity contribution in [3.05, 3.63) is 24.2 Å². The van der Waals surface area contributed by atoms with E-state index in [2.05, 4.69) is 23.6 Å². The largest absolute Gasteiger partial charge is 0.468 e. The first kappa shape index (κ1) is 14.6. The molecule has 0 saturated carbocycles. The molecule has 1 aromatic heterocycles. The topological polar surface area (TPSA) is 45.6 Å². The lowest BCUT2D eigenvalue weighted by Gasteiger charge is -2.48. The first-order valence-corrected chi connectivity index (χ1v) is 7.44. The van der Waals surface area contributed by atoms with E-state index in [-0.39, 0.29) is 5.54 Å². The second-order valence-corrected chi connectivity index (χ2v) is 5.46. The highest BCUT2D eigenvalue weighted by molar-refractivity contribution is 5.02. The van der Waals surface area contributed by atoms with Crippen LogP contribution in [0.25, 0.3) is 0 Å². The Balaban J connectivity index is 2.05. The SMILES string of the molecule is CCN1CCC(CN)(N(CC)Cc2ccco2)CC1. The molecule has 1 saturated heterocycles. The smallest absolute Gasteiger partial charge is 0.117 e. The summed E-state index contributed by atoms with van der Waals surface area (Å²) in [7, 11) is 0. The fourth-order valence-corrected chi connectivity index (χ4v) is 3.14. The van der Waals surface area contributed by atoms with E-state index in [1.165, 1.54) is 0 Å². The van der Waals surface area contributed by atoms with Crippen LogP contribution in [0.1, 0.15) is 32.4 Å². The van der Waals surface area contributed by atoms with E-state index >= 15 is 0 Å². The average molecular weight is 265 g/mol. The number of hydrogen-bond acceptors (Lipinski definition) is 4. The molecule has 2 heterocycles. The van der Waals surface area contributed by atoms with E-state index in [9.17, 15) is 0 Å².